The van der Waals surface area contributed by atoms with Crippen molar-refractivity contribution in [3.05, 3.63) is 12.3 Å². The van der Waals surface area contributed by atoms with Gasteiger partial charge in [-0.25, -0.2) is 4.79 Å². The van der Waals surface area contributed by atoms with E-state index in [1.165, 1.54) is 6.92 Å². The van der Waals surface area contributed by atoms with Gasteiger partial charge in [-0.05, 0) is 13.3 Å². The Hall–Kier alpha value is -1.32. The van der Waals surface area contributed by atoms with Gasteiger partial charge in [-0.1, -0.05) is 25.8 Å². The van der Waals surface area contributed by atoms with E-state index in [4.69, 9.17) is 5.11 Å². The van der Waals surface area contributed by atoms with E-state index in [1.54, 1.807) is 6.20 Å². The minimum Gasteiger partial charge on any atom is -0.477 e. The lowest BCUT2D eigenvalue weighted by atomic mass is 10.2. The van der Waals surface area contributed by atoms with Crippen molar-refractivity contribution < 1.29 is 9.90 Å². The van der Waals surface area contributed by atoms with Crippen LogP contribution in [0.5, 0.6) is 0 Å². The van der Waals surface area contributed by atoms with Crippen LogP contribution in [0.4, 0.5) is 0 Å². The Morgan fingerprint density at radius 2 is 2.31 bits per heavy atom. The Balaban J connectivity index is 3.59. The summed E-state index contributed by atoms with van der Waals surface area (Å²) in [6.07, 6.45) is 6.87. The molecule has 0 aliphatic carbocycles. The largest absolute Gasteiger partial charge is 0.477 e. The van der Waals surface area contributed by atoms with Crippen LogP contribution in [0.15, 0.2) is 17.4 Å². The Bertz CT molecular complexity index is 210. The molecule has 2 N–H and O–H groups in total. The summed E-state index contributed by atoms with van der Waals surface area (Å²) in [7, 11) is 0. The SMILES string of the molecule is CCCCC=CNN=C(C)C(=O)O. The van der Waals surface area contributed by atoms with Crippen LogP contribution in [0.25, 0.3) is 0 Å². The van der Waals surface area contributed by atoms with Gasteiger partial charge in [-0.3, -0.25) is 5.43 Å². The second-order valence-corrected chi connectivity index (χ2v) is 2.68. The first-order chi connectivity index (χ1) is 6.18. The van der Waals surface area contributed by atoms with Crippen molar-refractivity contribution in [1.29, 1.82) is 0 Å². The number of hydrazone groups is 1. The highest BCUT2D eigenvalue weighted by molar-refractivity contribution is 6.34. The zero-order valence-electron chi connectivity index (χ0n) is 8.08. The smallest absolute Gasteiger partial charge is 0.351 e. The van der Waals surface area contributed by atoms with Crippen molar-refractivity contribution in [2.24, 2.45) is 5.10 Å². The van der Waals surface area contributed by atoms with Crippen molar-refractivity contribution in [3.63, 3.8) is 0 Å². The van der Waals surface area contributed by atoms with Crippen molar-refractivity contribution in [3.8, 4) is 0 Å². The van der Waals surface area contributed by atoms with Crippen LogP contribution in [-0.2, 0) is 4.79 Å². The molecule has 0 bridgehead atoms. The number of hydrogen-bond acceptors (Lipinski definition) is 3. The van der Waals surface area contributed by atoms with Gasteiger partial charge in [0.2, 0.25) is 0 Å². The average Bonchev–Trinajstić information content (AvgIpc) is 2.10. The third-order valence-electron chi connectivity index (χ3n) is 1.46. The third-order valence-corrected chi connectivity index (χ3v) is 1.46. The zero-order chi connectivity index (χ0) is 10.1. The van der Waals surface area contributed by atoms with E-state index < -0.39 is 5.97 Å². The maximum atomic E-state index is 10.3. The van der Waals surface area contributed by atoms with Gasteiger partial charge in [0.25, 0.3) is 0 Å². The van der Waals surface area contributed by atoms with E-state index in [2.05, 4.69) is 17.5 Å². The third kappa shape index (κ3) is 7.05. The first kappa shape index (κ1) is 11.7. The number of unbranched alkanes of at least 4 members (excludes halogenated alkanes) is 2. The molecule has 0 heterocycles. The van der Waals surface area contributed by atoms with Gasteiger partial charge >= 0.3 is 5.97 Å². The zero-order valence-corrected chi connectivity index (χ0v) is 8.08. The summed E-state index contributed by atoms with van der Waals surface area (Å²) in [6, 6.07) is 0. The van der Waals surface area contributed by atoms with E-state index in [-0.39, 0.29) is 5.71 Å². The number of aliphatic carboxylic acids is 1. The lowest BCUT2D eigenvalue weighted by Gasteiger charge is -1.92. The number of rotatable bonds is 6. The average molecular weight is 184 g/mol. The molecule has 0 rings (SSSR count). The molecular formula is C9H16N2O2. The van der Waals surface area contributed by atoms with Gasteiger partial charge in [0.15, 0.2) is 0 Å². The van der Waals surface area contributed by atoms with E-state index in [0.717, 1.165) is 19.3 Å². The molecule has 0 aromatic rings. The van der Waals surface area contributed by atoms with E-state index in [1.807, 2.05) is 6.08 Å². The Labute approximate surface area is 78.3 Å². The molecule has 0 saturated carbocycles. The number of carboxylic acids is 1. The molecule has 0 radical (unpaired) electrons. The molecule has 0 aromatic heterocycles. The highest BCUT2D eigenvalue weighted by Gasteiger charge is 1.98. The summed E-state index contributed by atoms with van der Waals surface area (Å²) in [6.45, 7) is 3.56. The molecule has 0 aromatic carbocycles. The van der Waals surface area contributed by atoms with Crippen LogP contribution < -0.4 is 5.43 Å². The second-order valence-electron chi connectivity index (χ2n) is 2.68. The fourth-order valence-corrected chi connectivity index (χ4v) is 0.640. The van der Waals surface area contributed by atoms with Crippen LogP contribution in [0.3, 0.4) is 0 Å². The fraction of sp³-hybridized carbons (Fsp3) is 0.556. The Kier molecular flexibility index (Phi) is 6.59. The first-order valence-corrected chi connectivity index (χ1v) is 4.36. The van der Waals surface area contributed by atoms with Gasteiger partial charge in [-0.15, -0.1) is 0 Å². The maximum Gasteiger partial charge on any atom is 0.351 e. The highest BCUT2D eigenvalue weighted by atomic mass is 16.4. The van der Waals surface area contributed by atoms with Crippen molar-refractivity contribution >= 4 is 11.7 Å². The lowest BCUT2D eigenvalue weighted by Crippen LogP contribution is -2.11. The summed E-state index contributed by atoms with van der Waals surface area (Å²) < 4.78 is 0. The molecule has 0 saturated heterocycles. The fourth-order valence-electron chi connectivity index (χ4n) is 0.640. The summed E-state index contributed by atoms with van der Waals surface area (Å²) in [5.74, 6) is -1.01. The van der Waals surface area contributed by atoms with E-state index in [0.29, 0.717) is 0 Å². The molecule has 0 atom stereocenters. The van der Waals surface area contributed by atoms with Gasteiger partial charge in [0.05, 0.1) is 0 Å². The van der Waals surface area contributed by atoms with Gasteiger partial charge in [-0.2, -0.15) is 5.10 Å². The van der Waals surface area contributed by atoms with Crippen LogP contribution in [0, 0.1) is 0 Å². The van der Waals surface area contributed by atoms with Crippen molar-refractivity contribution in [2.45, 2.75) is 33.1 Å². The van der Waals surface area contributed by atoms with E-state index in [9.17, 15) is 4.79 Å². The Morgan fingerprint density at radius 1 is 1.62 bits per heavy atom. The standard InChI is InChI=1S/C9H16N2O2/c1-3-4-5-6-7-10-11-8(2)9(12)13/h6-7,10H,3-5H2,1-2H3,(H,12,13). The molecule has 74 valence electrons. The minimum atomic E-state index is -1.01. The molecule has 0 aliphatic rings. The molecule has 4 nitrogen and oxygen atoms in total. The molecule has 0 fully saturated rings. The summed E-state index contributed by atoms with van der Waals surface area (Å²) in [4.78, 5) is 10.3. The van der Waals surface area contributed by atoms with Crippen molar-refractivity contribution in [1.82, 2.24) is 5.43 Å². The minimum absolute atomic E-state index is 0.0557. The number of hydrogen-bond donors (Lipinski definition) is 2. The molecular weight excluding hydrogens is 168 g/mol. The monoisotopic (exact) mass is 184 g/mol. The molecule has 0 amide bonds. The normalized spacial score (nSPS) is 12.0. The molecule has 0 spiro atoms. The quantitative estimate of drug-likeness (QED) is 0.375. The lowest BCUT2D eigenvalue weighted by molar-refractivity contribution is -0.129. The van der Waals surface area contributed by atoms with Crippen molar-refractivity contribution in [2.75, 3.05) is 0 Å². The number of carbonyl (C=O) groups is 1. The number of nitrogens with zero attached hydrogens (tertiary/aromatic N) is 1. The number of carboxylic acid groups (broad SMARTS) is 1. The first-order valence-electron chi connectivity index (χ1n) is 4.36. The van der Waals surface area contributed by atoms with Crippen LogP contribution in [0.2, 0.25) is 0 Å². The van der Waals surface area contributed by atoms with E-state index >= 15 is 0 Å². The highest BCUT2D eigenvalue weighted by Crippen LogP contribution is 1.93. The Morgan fingerprint density at radius 3 is 2.85 bits per heavy atom. The summed E-state index contributed by atoms with van der Waals surface area (Å²) >= 11 is 0. The summed E-state index contributed by atoms with van der Waals surface area (Å²) in [5, 5.41) is 12.0. The number of allylic oxidation sites excluding steroid dienone is 1. The molecule has 13 heavy (non-hydrogen) atoms. The molecule has 0 aliphatic heterocycles. The van der Waals surface area contributed by atoms with Gasteiger partial charge < -0.3 is 5.11 Å². The van der Waals surface area contributed by atoms with Gasteiger partial charge in [0.1, 0.15) is 5.71 Å². The topological polar surface area (TPSA) is 61.7 Å². The van der Waals surface area contributed by atoms with Crippen LogP contribution >= 0.6 is 0 Å². The van der Waals surface area contributed by atoms with Crippen LogP contribution in [-0.4, -0.2) is 16.8 Å². The van der Waals surface area contributed by atoms with Gasteiger partial charge in [0, 0.05) is 6.20 Å². The predicted molar refractivity (Wildman–Crippen MR) is 52.5 cm³/mol. The maximum absolute atomic E-state index is 10.3. The summed E-state index contributed by atoms with van der Waals surface area (Å²) in [5.41, 5.74) is 2.61. The predicted octanol–water partition coefficient (Wildman–Crippen LogP) is 1.74. The molecule has 4 heteroatoms. The number of nitrogens with one attached hydrogen (secondary N) is 1. The van der Waals surface area contributed by atoms with Crippen LogP contribution in [0.1, 0.15) is 33.1 Å². The molecule has 0 unspecified atom stereocenters. The second kappa shape index (κ2) is 7.34.